The van der Waals surface area contributed by atoms with Crippen molar-refractivity contribution in [3.63, 3.8) is 0 Å². The van der Waals surface area contributed by atoms with Crippen molar-refractivity contribution < 1.29 is 27.8 Å². The van der Waals surface area contributed by atoms with Gasteiger partial charge in [-0.05, 0) is 12.1 Å². The van der Waals surface area contributed by atoms with Gasteiger partial charge in [0.15, 0.2) is 0 Å². The average molecular weight is 303 g/mol. The van der Waals surface area contributed by atoms with E-state index in [-0.39, 0.29) is 5.56 Å². The Kier molecular flexibility index (Phi) is 3.52. The first kappa shape index (κ1) is 14.5. The van der Waals surface area contributed by atoms with Crippen LogP contribution in [0.3, 0.4) is 0 Å². The zero-order chi connectivity index (χ0) is 15.1. The van der Waals surface area contributed by atoms with Crippen LogP contribution in [0.1, 0.15) is 19.4 Å². The molecule has 1 aliphatic rings. The first-order chi connectivity index (χ1) is 9.19. The third-order valence-corrected chi connectivity index (χ3v) is 2.84. The molecule has 0 aromatic heterocycles. The molecule has 1 aliphatic heterocycles. The SMILES string of the molecule is CC1(C)OC(=O)C(=Cc2cc(F)cc(F)c2Cl)C(=O)O1. The van der Waals surface area contributed by atoms with Crippen molar-refractivity contribution in [1.29, 1.82) is 0 Å². The Morgan fingerprint density at radius 2 is 1.70 bits per heavy atom. The van der Waals surface area contributed by atoms with E-state index in [0.717, 1.165) is 12.1 Å². The highest BCUT2D eigenvalue weighted by atomic mass is 35.5. The molecule has 0 atom stereocenters. The van der Waals surface area contributed by atoms with Crippen LogP contribution in [0.5, 0.6) is 0 Å². The van der Waals surface area contributed by atoms with Gasteiger partial charge in [-0.15, -0.1) is 0 Å². The third kappa shape index (κ3) is 2.80. The lowest BCUT2D eigenvalue weighted by Crippen LogP contribution is -2.41. The molecule has 4 nitrogen and oxygen atoms in total. The summed E-state index contributed by atoms with van der Waals surface area (Å²) in [5.41, 5.74) is -0.649. The number of cyclic esters (lactones) is 2. The number of hydrogen-bond acceptors (Lipinski definition) is 4. The maximum Gasteiger partial charge on any atom is 0.348 e. The molecule has 2 rings (SSSR count). The molecule has 1 aromatic carbocycles. The van der Waals surface area contributed by atoms with Crippen molar-refractivity contribution in [2.24, 2.45) is 0 Å². The molecule has 0 saturated carbocycles. The summed E-state index contributed by atoms with van der Waals surface area (Å²) in [6.45, 7) is 2.77. The molecule has 0 radical (unpaired) electrons. The van der Waals surface area contributed by atoms with Gasteiger partial charge in [-0.2, -0.15) is 0 Å². The molecule has 0 N–H and O–H groups in total. The number of ether oxygens (including phenoxy) is 2. The van der Waals surface area contributed by atoms with Gasteiger partial charge < -0.3 is 9.47 Å². The van der Waals surface area contributed by atoms with Gasteiger partial charge in [-0.25, -0.2) is 18.4 Å². The van der Waals surface area contributed by atoms with Crippen LogP contribution in [0.15, 0.2) is 17.7 Å². The van der Waals surface area contributed by atoms with Crippen LogP contribution in [0.4, 0.5) is 8.78 Å². The summed E-state index contributed by atoms with van der Waals surface area (Å²) >= 11 is 5.65. The highest BCUT2D eigenvalue weighted by Gasteiger charge is 2.39. The monoisotopic (exact) mass is 302 g/mol. The highest BCUT2D eigenvalue weighted by molar-refractivity contribution is 6.32. The Morgan fingerprint density at radius 1 is 1.15 bits per heavy atom. The lowest BCUT2D eigenvalue weighted by atomic mass is 10.1. The largest absolute Gasteiger partial charge is 0.419 e. The normalized spacial score (nSPS) is 17.6. The standard InChI is InChI=1S/C13H9ClF2O4/c1-13(2)19-11(17)8(12(18)20-13)4-6-3-7(15)5-9(16)10(6)14/h3-5H,1-2H3. The Hall–Kier alpha value is -1.95. The van der Waals surface area contributed by atoms with Gasteiger partial charge >= 0.3 is 11.9 Å². The minimum Gasteiger partial charge on any atom is -0.419 e. The Labute approximate surface area is 117 Å². The van der Waals surface area contributed by atoms with Crippen LogP contribution in [0, 0.1) is 11.6 Å². The molecule has 1 aromatic rings. The Bertz CT molecular complexity index is 616. The number of halogens is 3. The summed E-state index contributed by atoms with van der Waals surface area (Å²) in [4.78, 5) is 23.4. The quantitative estimate of drug-likeness (QED) is 0.346. The fourth-order valence-corrected chi connectivity index (χ4v) is 1.78. The second-order valence-corrected chi connectivity index (χ2v) is 4.91. The van der Waals surface area contributed by atoms with Gasteiger partial charge in [0, 0.05) is 25.5 Å². The minimum absolute atomic E-state index is 0.159. The van der Waals surface area contributed by atoms with E-state index in [2.05, 4.69) is 0 Å². The topological polar surface area (TPSA) is 52.6 Å². The molecule has 7 heteroatoms. The summed E-state index contributed by atoms with van der Waals surface area (Å²) in [5.74, 6) is -5.19. The molecule has 1 fully saturated rings. The summed E-state index contributed by atoms with van der Waals surface area (Å²) in [7, 11) is 0. The van der Waals surface area contributed by atoms with E-state index in [1.165, 1.54) is 13.8 Å². The van der Waals surface area contributed by atoms with Gasteiger partial charge in [0.25, 0.3) is 5.79 Å². The van der Waals surface area contributed by atoms with Crippen molar-refractivity contribution in [3.05, 3.63) is 39.9 Å². The fraction of sp³-hybridized carbons (Fsp3) is 0.231. The number of hydrogen-bond donors (Lipinski definition) is 0. The Morgan fingerprint density at radius 3 is 2.25 bits per heavy atom. The summed E-state index contributed by atoms with van der Waals surface area (Å²) in [6, 6.07) is 1.48. The number of carbonyl (C=O) groups is 2. The molecule has 0 unspecified atom stereocenters. The Balaban J connectivity index is 2.46. The van der Waals surface area contributed by atoms with E-state index in [1.54, 1.807) is 0 Å². The van der Waals surface area contributed by atoms with Gasteiger partial charge in [0.1, 0.15) is 17.2 Å². The number of rotatable bonds is 1. The van der Waals surface area contributed by atoms with E-state index >= 15 is 0 Å². The molecule has 1 saturated heterocycles. The van der Waals surface area contributed by atoms with E-state index in [9.17, 15) is 18.4 Å². The van der Waals surface area contributed by atoms with Crippen molar-refractivity contribution >= 4 is 29.6 Å². The maximum atomic E-state index is 13.3. The van der Waals surface area contributed by atoms with Crippen molar-refractivity contribution in [2.45, 2.75) is 19.6 Å². The smallest absolute Gasteiger partial charge is 0.348 e. The van der Waals surface area contributed by atoms with Crippen LogP contribution < -0.4 is 0 Å². The summed E-state index contributed by atoms with van der Waals surface area (Å²) < 4.78 is 36.1. The van der Waals surface area contributed by atoms with Crippen molar-refractivity contribution in [1.82, 2.24) is 0 Å². The second kappa shape index (κ2) is 4.86. The molecule has 1 heterocycles. The van der Waals surface area contributed by atoms with E-state index in [4.69, 9.17) is 21.1 Å². The van der Waals surface area contributed by atoms with Gasteiger partial charge in [0.2, 0.25) is 0 Å². The molecule has 0 amide bonds. The van der Waals surface area contributed by atoms with Crippen molar-refractivity contribution in [3.8, 4) is 0 Å². The van der Waals surface area contributed by atoms with Crippen LogP contribution in [-0.4, -0.2) is 17.7 Å². The number of carbonyl (C=O) groups excluding carboxylic acids is 2. The van der Waals surface area contributed by atoms with E-state index in [1.807, 2.05) is 0 Å². The predicted molar refractivity (Wildman–Crippen MR) is 65.6 cm³/mol. The predicted octanol–water partition coefficient (Wildman–Crippen LogP) is 2.84. The first-order valence-corrected chi connectivity index (χ1v) is 5.90. The summed E-state index contributed by atoms with van der Waals surface area (Å²) in [5, 5.41) is -0.413. The minimum atomic E-state index is -1.39. The molecule has 0 bridgehead atoms. The molecule has 0 aliphatic carbocycles. The molecular weight excluding hydrogens is 294 g/mol. The fourth-order valence-electron chi connectivity index (χ4n) is 1.61. The third-order valence-electron chi connectivity index (χ3n) is 2.44. The van der Waals surface area contributed by atoms with Crippen LogP contribution in [0.2, 0.25) is 5.02 Å². The maximum absolute atomic E-state index is 13.3. The molecule has 20 heavy (non-hydrogen) atoms. The van der Waals surface area contributed by atoms with E-state index < -0.39 is 40.0 Å². The highest BCUT2D eigenvalue weighted by Crippen LogP contribution is 2.28. The number of benzene rings is 1. The first-order valence-electron chi connectivity index (χ1n) is 5.52. The van der Waals surface area contributed by atoms with Gasteiger partial charge in [-0.1, -0.05) is 11.6 Å². The number of esters is 2. The van der Waals surface area contributed by atoms with Crippen LogP contribution in [0.25, 0.3) is 6.08 Å². The molecular formula is C13H9ClF2O4. The molecule has 106 valence electrons. The zero-order valence-corrected chi connectivity index (χ0v) is 11.3. The second-order valence-electron chi connectivity index (χ2n) is 4.53. The van der Waals surface area contributed by atoms with Gasteiger partial charge in [0.05, 0.1) is 5.02 Å². The molecule has 0 spiro atoms. The lowest BCUT2D eigenvalue weighted by Gasteiger charge is -2.29. The summed E-state index contributed by atoms with van der Waals surface area (Å²) in [6.07, 6.45) is 0.925. The zero-order valence-electron chi connectivity index (χ0n) is 10.5. The van der Waals surface area contributed by atoms with Crippen LogP contribution in [-0.2, 0) is 19.1 Å². The van der Waals surface area contributed by atoms with Gasteiger partial charge in [-0.3, -0.25) is 0 Å². The lowest BCUT2D eigenvalue weighted by molar-refractivity contribution is -0.222. The van der Waals surface area contributed by atoms with Crippen molar-refractivity contribution in [2.75, 3.05) is 0 Å². The average Bonchev–Trinajstić information content (AvgIpc) is 2.28. The van der Waals surface area contributed by atoms with E-state index in [0.29, 0.717) is 6.07 Å². The van der Waals surface area contributed by atoms with Crippen LogP contribution >= 0.6 is 11.6 Å².